The molecule has 0 bridgehead atoms. The predicted octanol–water partition coefficient (Wildman–Crippen LogP) is 1.01. The van der Waals surface area contributed by atoms with Crippen molar-refractivity contribution in [2.45, 2.75) is 0 Å². The molecule has 0 unspecified atom stereocenters. The Kier molecular flexibility index (Phi) is 4.64. The fourth-order valence-electron chi connectivity index (χ4n) is 0.903. The Morgan fingerprint density at radius 3 is 3.07 bits per heavy atom. The van der Waals surface area contributed by atoms with Crippen LogP contribution in [-0.2, 0) is 4.79 Å². The highest BCUT2D eigenvalue weighted by Crippen LogP contribution is 2.12. The standard InChI is InChI=1S/C10H10BrN3O/c1-2-3-13-10(15)7-14-9-4-8(11)5-12-6-9/h1,4-6,14H,3,7H2,(H,13,15). The first-order valence-electron chi connectivity index (χ1n) is 4.27. The van der Waals surface area contributed by atoms with Crippen LogP contribution in [-0.4, -0.2) is 24.0 Å². The molecular weight excluding hydrogens is 258 g/mol. The summed E-state index contributed by atoms with van der Waals surface area (Å²) in [5, 5.41) is 5.47. The molecule has 15 heavy (non-hydrogen) atoms. The molecule has 0 spiro atoms. The van der Waals surface area contributed by atoms with Crippen LogP contribution in [0.5, 0.6) is 0 Å². The van der Waals surface area contributed by atoms with E-state index in [2.05, 4.69) is 37.5 Å². The molecule has 0 radical (unpaired) electrons. The van der Waals surface area contributed by atoms with Gasteiger partial charge in [0.2, 0.25) is 5.91 Å². The molecular formula is C10H10BrN3O. The zero-order chi connectivity index (χ0) is 11.1. The largest absolute Gasteiger partial charge is 0.375 e. The van der Waals surface area contributed by atoms with Gasteiger partial charge in [0.05, 0.1) is 25.0 Å². The molecule has 1 rings (SSSR count). The first-order valence-corrected chi connectivity index (χ1v) is 5.06. The number of terminal acetylenes is 1. The van der Waals surface area contributed by atoms with E-state index in [-0.39, 0.29) is 19.0 Å². The van der Waals surface area contributed by atoms with Crippen LogP contribution in [0.25, 0.3) is 0 Å². The number of hydrogen-bond acceptors (Lipinski definition) is 3. The minimum absolute atomic E-state index is 0.145. The number of pyridine rings is 1. The third-order valence-corrected chi connectivity index (χ3v) is 1.98. The summed E-state index contributed by atoms with van der Waals surface area (Å²) in [6, 6.07) is 1.83. The maximum Gasteiger partial charge on any atom is 0.240 e. The van der Waals surface area contributed by atoms with Crippen LogP contribution in [0.2, 0.25) is 0 Å². The van der Waals surface area contributed by atoms with Gasteiger partial charge in [0, 0.05) is 10.7 Å². The average Bonchev–Trinajstić information content (AvgIpc) is 2.23. The highest BCUT2D eigenvalue weighted by atomic mass is 79.9. The molecule has 5 heteroatoms. The van der Waals surface area contributed by atoms with Crippen molar-refractivity contribution >= 4 is 27.5 Å². The normalized spacial score (nSPS) is 9.07. The van der Waals surface area contributed by atoms with Gasteiger partial charge < -0.3 is 10.6 Å². The summed E-state index contributed by atoms with van der Waals surface area (Å²) in [5.41, 5.74) is 0.778. The zero-order valence-electron chi connectivity index (χ0n) is 7.96. The van der Waals surface area contributed by atoms with Gasteiger partial charge in [-0.25, -0.2) is 0 Å². The summed E-state index contributed by atoms with van der Waals surface area (Å²) in [6.45, 7) is 0.428. The fraction of sp³-hybridized carbons (Fsp3) is 0.200. The number of rotatable bonds is 4. The summed E-state index contributed by atoms with van der Waals surface area (Å²) in [6.07, 6.45) is 8.31. The lowest BCUT2D eigenvalue weighted by Crippen LogP contribution is -2.29. The molecule has 0 aliphatic carbocycles. The molecule has 0 fully saturated rings. The van der Waals surface area contributed by atoms with Crippen molar-refractivity contribution in [3.63, 3.8) is 0 Å². The highest BCUT2D eigenvalue weighted by Gasteiger charge is 1.99. The lowest BCUT2D eigenvalue weighted by Gasteiger charge is -2.05. The van der Waals surface area contributed by atoms with Crippen LogP contribution in [0.4, 0.5) is 5.69 Å². The van der Waals surface area contributed by atoms with Crippen molar-refractivity contribution in [1.29, 1.82) is 0 Å². The number of amides is 1. The summed E-state index contributed by atoms with van der Waals surface area (Å²) in [7, 11) is 0. The van der Waals surface area contributed by atoms with E-state index in [4.69, 9.17) is 6.42 Å². The second kappa shape index (κ2) is 6.04. The van der Waals surface area contributed by atoms with Gasteiger partial charge in [-0.1, -0.05) is 5.92 Å². The number of nitrogens with one attached hydrogen (secondary N) is 2. The van der Waals surface area contributed by atoms with Crippen LogP contribution in [0, 0.1) is 12.3 Å². The van der Waals surface area contributed by atoms with Crippen molar-refractivity contribution in [2.75, 3.05) is 18.4 Å². The summed E-state index contributed by atoms with van der Waals surface area (Å²) in [5.74, 6) is 2.18. The Hall–Kier alpha value is -1.54. The number of aromatic nitrogens is 1. The van der Waals surface area contributed by atoms with E-state index in [0.717, 1.165) is 10.2 Å². The SMILES string of the molecule is C#CCNC(=O)CNc1cncc(Br)c1. The Bertz CT molecular complexity index is 386. The number of anilines is 1. The Morgan fingerprint density at radius 1 is 1.60 bits per heavy atom. The first-order chi connectivity index (χ1) is 7.22. The van der Waals surface area contributed by atoms with Gasteiger partial charge in [0.15, 0.2) is 0 Å². The van der Waals surface area contributed by atoms with Gasteiger partial charge >= 0.3 is 0 Å². The lowest BCUT2D eigenvalue weighted by molar-refractivity contribution is -0.119. The minimum Gasteiger partial charge on any atom is -0.375 e. The van der Waals surface area contributed by atoms with Crippen molar-refractivity contribution in [3.8, 4) is 12.3 Å². The van der Waals surface area contributed by atoms with Gasteiger partial charge in [-0.15, -0.1) is 6.42 Å². The van der Waals surface area contributed by atoms with Gasteiger partial charge in [-0.3, -0.25) is 9.78 Å². The number of carbonyl (C=O) groups is 1. The molecule has 0 saturated heterocycles. The van der Waals surface area contributed by atoms with Gasteiger partial charge in [-0.05, 0) is 22.0 Å². The van der Waals surface area contributed by atoms with Crippen LogP contribution in [0.3, 0.4) is 0 Å². The molecule has 1 heterocycles. The molecule has 4 nitrogen and oxygen atoms in total. The lowest BCUT2D eigenvalue weighted by atomic mass is 10.4. The highest BCUT2D eigenvalue weighted by molar-refractivity contribution is 9.10. The summed E-state index contributed by atoms with van der Waals surface area (Å²) < 4.78 is 0.858. The monoisotopic (exact) mass is 267 g/mol. The Labute approximate surface area is 96.6 Å². The van der Waals surface area contributed by atoms with Gasteiger partial charge in [-0.2, -0.15) is 0 Å². The average molecular weight is 268 g/mol. The topological polar surface area (TPSA) is 54.0 Å². The second-order valence-corrected chi connectivity index (χ2v) is 3.64. The number of carbonyl (C=O) groups excluding carboxylic acids is 1. The van der Waals surface area contributed by atoms with Crippen LogP contribution in [0.15, 0.2) is 22.9 Å². The quantitative estimate of drug-likeness (QED) is 0.801. The molecule has 1 aromatic heterocycles. The molecule has 2 N–H and O–H groups in total. The maximum absolute atomic E-state index is 11.2. The number of nitrogens with zero attached hydrogens (tertiary/aromatic N) is 1. The van der Waals surface area contributed by atoms with E-state index < -0.39 is 0 Å². The van der Waals surface area contributed by atoms with Crippen LogP contribution in [0.1, 0.15) is 0 Å². The Morgan fingerprint density at radius 2 is 2.40 bits per heavy atom. The van der Waals surface area contributed by atoms with Gasteiger partial charge in [0.25, 0.3) is 0 Å². The van der Waals surface area contributed by atoms with Crippen LogP contribution < -0.4 is 10.6 Å². The van der Waals surface area contributed by atoms with Crippen molar-refractivity contribution in [2.24, 2.45) is 0 Å². The third-order valence-electron chi connectivity index (χ3n) is 1.55. The van der Waals surface area contributed by atoms with Crippen molar-refractivity contribution < 1.29 is 4.79 Å². The maximum atomic E-state index is 11.2. The summed E-state index contributed by atoms with van der Waals surface area (Å²) >= 11 is 3.28. The second-order valence-electron chi connectivity index (χ2n) is 2.73. The first kappa shape index (κ1) is 11.5. The predicted molar refractivity (Wildman–Crippen MR) is 62.3 cm³/mol. The van der Waals surface area contributed by atoms with E-state index in [9.17, 15) is 4.79 Å². The fourth-order valence-corrected chi connectivity index (χ4v) is 1.27. The van der Waals surface area contributed by atoms with Crippen molar-refractivity contribution in [3.05, 3.63) is 22.9 Å². The number of hydrogen-bond donors (Lipinski definition) is 2. The number of halogens is 1. The minimum atomic E-state index is -0.145. The van der Waals surface area contributed by atoms with E-state index >= 15 is 0 Å². The van der Waals surface area contributed by atoms with E-state index in [0.29, 0.717) is 0 Å². The molecule has 0 atom stereocenters. The summed E-state index contributed by atoms with van der Waals surface area (Å²) in [4.78, 5) is 15.1. The molecule has 0 saturated carbocycles. The van der Waals surface area contributed by atoms with Gasteiger partial charge in [0.1, 0.15) is 0 Å². The Balaban J connectivity index is 2.37. The van der Waals surface area contributed by atoms with E-state index in [1.54, 1.807) is 12.4 Å². The van der Waals surface area contributed by atoms with E-state index in [1.165, 1.54) is 0 Å². The molecule has 0 aliphatic rings. The third kappa shape index (κ3) is 4.47. The molecule has 0 aliphatic heterocycles. The molecule has 1 aromatic rings. The molecule has 0 aromatic carbocycles. The van der Waals surface area contributed by atoms with Crippen LogP contribution >= 0.6 is 15.9 Å². The van der Waals surface area contributed by atoms with E-state index in [1.807, 2.05) is 6.07 Å². The molecule has 78 valence electrons. The van der Waals surface area contributed by atoms with Crippen molar-refractivity contribution in [1.82, 2.24) is 10.3 Å². The molecule has 1 amide bonds. The zero-order valence-corrected chi connectivity index (χ0v) is 9.54. The smallest absolute Gasteiger partial charge is 0.240 e.